The van der Waals surface area contributed by atoms with Crippen LogP contribution in [0.4, 0.5) is 4.79 Å². The van der Waals surface area contributed by atoms with Crippen molar-refractivity contribution < 1.29 is 13.9 Å². The molecule has 1 aromatic heterocycles. The highest BCUT2D eigenvalue weighted by atomic mass is 16.6. The Morgan fingerprint density at radius 1 is 1.22 bits per heavy atom. The summed E-state index contributed by atoms with van der Waals surface area (Å²) in [4.78, 5) is 16.2. The summed E-state index contributed by atoms with van der Waals surface area (Å²) >= 11 is 0. The minimum atomic E-state index is -0.209. The monoisotopic (exact) mass is 324 g/mol. The van der Waals surface area contributed by atoms with E-state index < -0.39 is 0 Å². The number of nitrogens with zero attached hydrogens (tertiary/aromatic N) is 4. The van der Waals surface area contributed by atoms with Crippen LogP contribution < -0.4 is 0 Å². The SMILES string of the molecule is CCc1nnc([C@@H](C)N2CCCN(C(=O)OCC(C)C)CC2)o1. The first-order valence-electron chi connectivity index (χ1n) is 8.49. The lowest BCUT2D eigenvalue weighted by molar-refractivity contribution is 0.0920. The van der Waals surface area contributed by atoms with E-state index in [0.717, 1.165) is 32.5 Å². The Balaban J connectivity index is 1.88. The molecule has 2 rings (SSSR count). The molecule has 130 valence electrons. The summed E-state index contributed by atoms with van der Waals surface area (Å²) in [6.45, 7) is 11.7. The lowest BCUT2D eigenvalue weighted by Crippen LogP contribution is -2.36. The molecule has 2 heterocycles. The normalized spacial score (nSPS) is 18.0. The number of rotatable bonds is 5. The van der Waals surface area contributed by atoms with E-state index in [4.69, 9.17) is 9.15 Å². The van der Waals surface area contributed by atoms with E-state index in [1.165, 1.54) is 0 Å². The molecule has 1 amide bonds. The fraction of sp³-hybridized carbons (Fsp3) is 0.812. The van der Waals surface area contributed by atoms with Gasteiger partial charge < -0.3 is 14.1 Å². The number of amides is 1. The molecule has 23 heavy (non-hydrogen) atoms. The van der Waals surface area contributed by atoms with Crippen LogP contribution in [-0.4, -0.2) is 58.9 Å². The fourth-order valence-corrected chi connectivity index (χ4v) is 2.57. The second-order valence-electron chi connectivity index (χ2n) is 6.41. The van der Waals surface area contributed by atoms with Crippen LogP contribution in [0.5, 0.6) is 0 Å². The Kier molecular flexibility index (Phi) is 6.38. The van der Waals surface area contributed by atoms with Crippen molar-refractivity contribution in [3.63, 3.8) is 0 Å². The molecule has 1 aliphatic heterocycles. The molecule has 0 aliphatic carbocycles. The summed E-state index contributed by atoms with van der Waals surface area (Å²) in [5, 5.41) is 8.16. The van der Waals surface area contributed by atoms with Crippen LogP contribution in [0, 0.1) is 5.92 Å². The Bertz CT molecular complexity index is 503. The van der Waals surface area contributed by atoms with Gasteiger partial charge in [-0.3, -0.25) is 4.90 Å². The van der Waals surface area contributed by atoms with Gasteiger partial charge in [0.2, 0.25) is 11.8 Å². The highest BCUT2D eigenvalue weighted by Crippen LogP contribution is 2.21. The van der Waals surface area contributed by atoms with Crippen molar-refractivity contribution in [1.82, 2.24) is 20.0 Å². The molecular weight excluding hydrogens is 296 g/mol. The van der Waals surface area contributed by atoms with E-state index in [-0.39, 0.29) is 12.1 Å². The molecular formula is C16H28N4O3. The van der Waals surface area contributed by atoms with Crippen LogP contribution in [0.3, 0.4) is 0 Å². The van der Waals surface area contributed by atoms with E-state index in [0.29, 0.717) is 30.9 Å². The average molecular weight is 324 g/mol. The summed E-state index contributed by atoms with van der Waals surface area (Å²) in [6.07, 6.45) is 1.45. The van der Waals surface area contributed by atoms with Crippen LogP contribution in [0.2, 0.25) is 0 Å². The number of hydrogen-bond acceptors (Lipinski definition) is 6. The minimum absolute atomic E-state index is 0.0643. The smallest absolute Gasteiger partial charge is 0.409 e. The minimum Gasteiger partial charge on any atom is -0.449 e. The van der Waals surface area contributed by atoms with Crippen molar-refractivity contribution in [2.45, 2.75) is 46.6 Å². The van der Waals surface area contributed by atoms with Gasteiger partial charge in [-0.2, -0.15) is 0 Å². The van der Waals surface area contributed by atoms with E-state index in [1.807, 2.05) is 20.8 Å². The molecule has 1 saturated heterocycles. The number of hydrogen-bond donors (Lipinski definition) is 0. The lowest BCUT2D eigenvalue weighted by Gasteiger charge is -2.25. The zero-order valence-corrected chi connectivity index (χ0v) is 14.6. The highest BCUT2D eigenvalue weighted by molar-refractivity contribution is 5.67. The first-order valence-corrected chi connectivity index (χ1v) is 8.49. The summed E-state index contributed by atoms with van der Waals surface area (Å²) in [6, 6.07) is 0.0643. The van der Waals surface area contributed by atoms with Crippen molar-refractivity contribution in [1.29, 1.82) is 0 Å². The van der Waals surface area contributed by atoms with Crippen molar-refractivity contribution in [3.05, 3.63) is 11.8 Å². The largest absolute Gasteiger partial charge is 0.449 e. The van der Waals surface area contributed by atoms with Gasteiger partial charge in [0.1, 0.15) is 0 Å². The highest BCUT2D eigenvalue weighted by Gasteiger charge is 2.26. The first kappa shape index (κ1) is 17.7. The Morgan fingerprint density at radius 3 is 2.65 bits per heavy atom. The van der Waals surface area contributed by atoms with Crippen LogP contribution >= 0.6 is 0 Å². The number of carbonyl (C=O) groups is 1. The van der Waals surface area contributed by atoms with Gasteiger partial charge in [0, 0.05) is 32.6 Å². The van der Waals surface area contributed by atoms with Gasteiger partial charge in [-0.1, -0.05) is 20.8 Å². The van der Waals surface area contributed by atoms with E-state index in [2.05, 4.69) is 22.0 Å². The number of ether oxygens (including phenoxy) is 1. The maximum Gasteiger partial charge on any atom is 0.409 e. The van der Waals surface area contributed by atoms with Crippen LogP contribution in [0.15, 0.2) is 4.42 Å². The zero-order valence-electron chi connectivity index (χ0n) is 14.6. The Labute approximate surface area is 138 Å². The summed E-state index contributed by atoms with van der Waals surface area (Å²) in [5.74, 6) is 1.67. The van der Waals surface area contributed by atoms with Crippen LogP contribution in [0.1, 0.15) is 51.9 Å². The first-order chi connectivity index (χ1) is 11.0. The predicted octanol–water partition coefficient (Wildman–Crippen LogP) is 2.49. The molecule has 0 radical (unpaired) electrons. The van der Waals surface area contributed by atoms with E-state index in [9.17, 15) is 4.79 Å². The summed E-state index contributed by atoms with van der Waals surface area (Å²) in [5.41, 5.74) is 0. The molecule has 0 bridgehead atoms. The fourth-order valence-electron chi connectivity index (χ4n) is 2.57. The van der Waals surface area contributed by atoms with E-state index >= 15 is 0 Å². The van der Waals surface area contributed by atoms with Gasteiger partial charge in [-0.25, -0.2) is 4.79 Å². The molecule has 0 aromatic carbocycles. The standard InChI is InChI=1S/C16H28N4O3/c1-5-14-17-18-15(23-14)13(4)19-7-6-8-20(10-9-19)16(21)22-11-12(2)3/h12-13H,5-11H2,1-4H3/t13-/m1/s1. The Morgan fingerprint density at radius 2 is 2.00 bits per heavy atom. The van der Waals surface area contributed by atoms with Gasteiger partial charge in [0.05, 0.1) is 12.6 Å². The number of aromatic nitrogens is 2. The zero-order chi connectivity index (χ0) is 16.8. The average Bonchev–Trinajstić information content (AvgIpc) is 2.88. The van der Waals surface area contributed by atoms with Crippen molar-refractivity contribution in [2.24, 2.45) is 5.92 Å². The maximum absolute atomic E-state index is 12.1. The number of aryl methyl sites for hydroxylation is 1. The Hall–Kier alpha value is -1.63. The summed E-state index contributed by atoms with van der Waals surface area (Å²) in [7, 11) is 0. The molecule has 1 aliphatic rings. The van der Waals surface area contributed by atoms with Gasteiger partial charge in [-0.15, -0.1) is 10.2 Å². The van der Waals surface area contributed by atoms with Crippen LogP contribution in [-0.2, 0) is 11.2 Å². The maximum atomic E-state index is 12.1. The quantitative estimate of drug-likeness (QED) is 0.828. The van der Waals surface area contributed by atoms with Crippen molar-refractivity contribution in [3.8, 4) is 0 Å². The third-order valence-electron chi connectivity index (χ3n) is 4.02. The van der Waals surface area contributed by atoms with Gasteiger partial charge in [0.25, 0.3) is 0 Å². The summed E-state index contributed by atoms with van der Waals surface area (Å²) < 4.78 is 11.0. The third-order valence-corrected chi connectivity index (χ3v) is 4.02. The van der Waals surface area contributed by atoms with E-state index in [1.54, 1.807) is 4.90 Å². The molecule has 1 atom stereocenters. The predicted molar refractivity (Wildman–Crippen MR) is 86.0 cm³/mol. The van der Waals surface area contributed by atoms with Crippen molar-refractivity contribution >= 4 is 6.09 Å². The molecule has 0 saturated carbocycles. The lowest BCUT2D eigenvalue weighted by atomic mass is 10.2. The van der Waals surface area contributed by atoms with Gasteiger partial charge in [-0.05, 0) is 19.3 Å². The third kappa shape index (κ3) is 4.92. The second kappa shape index (κ2) is 8.29. The topological polar surface area (TPSA) is 71.7 Å². The molecule has 7 heteroatoms. The molecule has 0 N–H and O–H groups in total. The van der Waals surface area contributed by atoms with Crippen molar-refractivity contribution in [2.75, 3.05) is 32.8 Å². The molecule has 7 nitrogen and oxygen atoms in total. The molecule has 0 unspecified atom stereocenters. The second-order valence-corrected chi connectivity index (χ2v) is 6.41. The molecule has 1 fully saturated rings. The van der Waals surface area contributed by atoms with Gasteiger partial charge >= 0.3 is 6.09 Å². The number of carbonyl (C=O) groups excluding carboxylic acids is 1. The van der Waals surface area contributed by atoms with Gasteiger partial charge in [0.15, 0.2) is 0 Å². The van der Waals surface area contributed by atoms with Crippen LogP contribution in [0.25, 0.3) is 0 Å². The molecule has 0 spiro atoms. The molecule has 1 aromatic rings.